The number of carbonyl (C=O) groups is 1. The fourth-order valence-electron chi connectivity index (χ4n) is 3.07. The summed E-state index contributed by atoms with van der Waals surface area (Å²) in [6, 6.07) is 11.6. The lowest BCUT2D eigenvalue weighted by molar-refractivity contribution is -0.122. The van der Waals surface area contributed by atoms with Gasteiger partial charge in [-0.2, -0.15) is 5.10 Å². The number of halogens is 3. The third kappa shape index (κ3) is 6.78. The van der Waals surface area contributed by atoms with Crippen LogP contribution in [0.2, 0.25) is 5.02 Å². The molecule has 0 saturated carbocycles. The lowest BCUT2D eigenvalue weighted by Crippen LogP contribution is -2.48. The van der Waals surface area contributed by atoms with Gasteiger partial charge < -0.3 is 5.11 Å². The number of aromatic hydroxyl groups is 1. The number of phenolic OH excluding ortho intramolecular Hbond substituents is 1. The first kappa shape index (κ1) is 22.7. The monoisotopic (exact) mass is 638 g/mol. The molecule has 0 atom stereocenters. The average molecular weight is 639 g/mol. The molecule has 3 rings (SSSR count). The van der Waals surface area contributed by atoms with Crippen molar-refractivity contribution in [2.45, 2.75) is 6.54 Å². The molecule has 9 heteroatoms. The van der Waals surface area contributed by atoms with Crippen molar-refractivity contribution in [2.75, 3.05) is 32.7 Å². The lowest BCUT2D eigenvalue weighted by atomic mass is 10.2. The molecule has 0 bridgehead atoms. The summed E-state index contributed by atoms with van der Waals surface area (Å²) in [4.78, 5) is 16.6. The van der Waals surface area contributed by atoms with Crippen molar-refractivity contribution in [1.29, 1.82) is 0 Å². The molecule has 1 aliphatic rings. The minimum absolute atomic E-state index is 0.165. The van der Waals surface area contributed by atoms with Gasteiger partial charge in [0, 0.05) is 46.9 Å². The van der Waals surface area contributed by atoms with Gasteiger partial charge in [0.15, 0.2) is 0 Å². The third-order valence-electron chi connectivity index (χ3n) is 4.63. The van der Waals surface area contributed by atoms with Gasteiger partial charge in [0.25, 0.3) is 5.91 Å². The van der Waals surface area contributed by atoms with Crippen LogP contribution in [0.25, 0.3) is 0 Å². The molecule has 2 aromatic carbocycles. The van der Waals surface area contributed by atoms with E-state index in [1.54, 1.807) is 0 Å². The Morgan fingerprint density at radius 2 is 1.86 bits per heavy atom. The van der Waals surface area contributed by atoms with Gasteiger partial charge in [-0.15, -0.1) is 0 Å². The molecule has 0 radical (unpaired) electrons. The zero-order valence-electron chi connectivity index (χ0n) is 15.6. The van der Waals surface area contributed by atoms with Crippen LogP contribution in [-0.2, 0) is 11.3 Å². The molecule has 6 nitrogen and oxygen atoms in total. The summed E-state index contributed by atoms with van der Waals surface area (Å²) in [7, 11) is 0. The number of nitrogens with zero attached hydrogens (tertiary/aromatic N) is 3. The van der Waals surface area contributed by atoms with Gasteiger partial charge in [0.05, 0.1) is 16.3 Å². The number of nitrogens with one attached hydrogen (secondary N) is 1. The Morgan fingerprint density at radius 3 is 2.59 bits per heavy atom. The van der Waals surface area contributed by atoms with Crippen molar-refractivity contribution in [3.8, 4) is 5.75 Å². The molecule has 29 heavy (non-hydrogen) atoms. The lowest BCUT2D eigenvalue weighted by Gasteiger charge is -2.34. The van der Waals surface area contributed by atoms with Crippen molar-refractivity contribution in [2.24, 2.45) is 5.10 Å². The van der Waals surface area contributed by atoms with E-state index in [1.807, 2.05) is 36.4 Å². The molecule has 0 unspecified atom stereocenters. The van der Waals surface area contributed by atoms with Gasteiger partial charge in [-0.05, 0) is 68.9 Å². The second-order valence-corrected chi connectivity index (χ2v) is 9.58. The van der Waals surface area contributed by atoms with E-state index < -0.39 is 0 Å². The second-order valence-electron chi connectivity index (χ2n) is 6.76. The first-order valence-electron chi connectivity index (χ1n) is 9.10. The Kier molecular flexibility index (Phi) is 8.54. The quantitative estimate of drug-likeness (QED) is 0.289. The van der Waals surface area contributed by atoms with Gasteiger partial charge in [0.1, 0.15) is 5.75 Å². The van der Waals surface area contributed by atoms with E-state index in [0.717, 1.165) is 50.5 Å². The number of amides is 1. The van der Waals surface area contributed by atoms with Gasteiger partial charge >= 0.3 is 0 Å². The predicted octanol–water partition coefficient (Wildman–Crippen LogP) is 3.52. The molecule has 1 heterocycles. The van der Waals surface area contributed by atoms with E-state index in [4.69, 9.17) is 11.6 Å². The third-order valence-corrected chi connectivity index (χ3v) is 6.45. The highest BCUT2D eigenvalue weighted by Crippen LogP contribution is 2.25. The smallest absolute Gasteiger partial charge is 0.254 e. The zero-order chi connectivity index (χ0) is 20.8. The summed E-state index contributed by atoms with van der Waals surface area (Å²) in [5.41, 5.74) is 4.25. The molecular weight excluding hydrogens is 618 g/mol. The Bertz CT molecular complexity index is 902. The molecule has 2 aromatic rings. The van der Waals surface area contributed by atoms with Crippen LogP contribution in [0.3, 0.4) is 0 Å². The molecular formula is C20H21ClI2N4O2. The van der Waals surface area contributed by atoms with E-state index in [1.165, 1.54) is 6.21 Å². The standard InChI is InChI=1S/C20H21ClI2N4O2/c21-17-4-2-1-3-14(17)12-26-5-7-27(8-6-26)13-19(28)25-24-11-15-9-16(22)10-18(23)20(15)29/h1-4,9-11,29H,5-8,12-13H2,(H,25,28)/b24-11-. The Labute approximate surface area is 202 Å². The van der Waals surface area contributed by atoms with Gasteiger partial charge in [0.2, 0.25) is 0 Å². The molecule has 1 saturated heterocycles. The highest BCUT2D eigenvalue weighted by atomic mass is 127. The van der Waals surface area contributed by atoms with Crippen molar-refractivity contribution in [3.63, 3.8) is 0 Å². The van der Waals surface area contributed by atoms with Crippen molar-refractivity contribution >= 4 is 68.9 Å². The average Bonchev–Trinajstić information content (AvgIpc) is 2.69. The second kappa shape index (κ2) is 10.9. The summed E-state index contributed by atoms with van der Waals surface area (Å²) in [5.74, 6) is -0.000671. The number of rotatable bonds is 6. The van der Waals surface area contributed by atoms with Crippen LogP contribution in [0.1, 0.15) is 11.1 Å². The Balaban J connectivity index is 1.44. The summed E-state index contributed by atoms with van der Waals surface area (Å²) in [6.07, 6.45) is 1.47. The Morgan fingerprint density at radius 1 is 1.17 bits per heavy atom. The Hall–Kier alpha value is -0.950. The highest BCUT2D eigenvalue weighted by molar-refractivity contribution is 14.1. The van der Waals surface area contributed by atoms with Crippen LogP contribution in [0.4, 0.5) is 0 Å². The first-order valence-corrected chi connectivity index (χ1v) is 11.6. The highest BCUT2D eigenvalue weighted by Gasteiger charge is 2.19. The fraction of sp³-hybridized carbons (Fsp3) is 0.300. The topological polar surface area (TPSA) is 68.2 Å². The molecule has 0 aliphatic carbocycles. The first-order chi connectivity index (χ1) is 13.9. The summed E-state index contributed by atoms with van der Waals surface area (Å²) < 4.78 is 1.74. The van der Waals surface area contributed by atoms with Gasteiger partial charge in [-0.25, -0.2) is 5.43 Å². The molecule has 2 N–H and O–H groups in total. The maximum Gasteiger partial charge on any atom is 0.254 e. The van der Waals surface area contributed by atoms with E-state index >= 15 is 0 Å². The number of piperazine rings is 1. The normalized spacial score (nSPS) is 15.7. The summed E-state index contributed by atoms with van der Waals surface area (Å²) >= 11 is 10.5. The van der Waals surface area contributed by atoms with E-state index in [-0.39, 0.29) is 11.7 Å². The predicted molar refractivity (Wildman–Crippen MR) is 132 cm³/mol. The minimum Gasteiger partial charge on any atom is -0.506 e. The van der Waals surface area contributed by atoms with E-state index in [0.29, 0.717) is 12.1 Å². The van der Waals surface area contributed by atoms with Crippen molar-refractivity contribution in [1.82, 2.24) is 15.2 Å². The zero-order valence-corrected chi connectivity index (χ0v) is 20.7. The molecule has 1 fully saturated rings. The number of carbonyl (C=O) groups excluding carboxylic acids is 1. The maximum absolute atomic E-state index is 12.2. The van der Waals surface area contributed by atoms with Crippen LogP contribution in [-0.4, -0.2) is 59.8 Å². The largest absolute Gasteiger partial charge is 0.506 e. The maximum atomic E-state index is 12.2. The summed E-state index contributed by atoms with van der Waals surface area (Å²) in [6.45, 7) is 4.53. The van der Waals surface area contributed by atoms with Crippen LogP contribution >= 0.6 is 56.8 Å². The van der Waals surface area contributed by atoms with Crippen LogP contribution in [0, 0.1) is 7.14 Å². The fourth-order valence-corrected chi connectivity index (χ4v) is 5.15. The van der Waals surface area contributed by atoms with Crippen molar-refractivity contribution < 1.29 is 9.90 Å². The molecule has 154 valence electrons. The number of hydrazone groups is 1. The molecule has 0 spiro atoms. The minimum atomic E-state index is -0.166. The number of phenols is 1. The van der Waals surface area contributed by atoms with Gasteiger partial charge in [-0.3, -0.25) is 14.6 Å². The van der Waals surface area contributed by atoms with Crippen molar-refractivity contribution in [3.05, 3.63) is 59.7 Å². The van der Waals surface area contributed by atoms with Crippen LogP contribution in [0.15, 0.2) is 41.5 Å². The number of hydrogen-bond acceptors (Lipinski definition) is 5. The van der Waals surface area contributed by atoms with E-state index in [9.17, 15) is 9.90 Å². The molecule has 0 aromatic heterocycles. The summed E-state index contributed by atoms with van der Waals surface area (Å²) in [5, 5.41) is 14.8. The number of benzene rings is 2. The molecule has 1 amide bonds. The van der Waals surface area contributed by atoms with Gasteiger partial charge in [-0.1, -0.05) is 29.8 Å². The van der Waals surface area contributed by atoms with Crippen LogP contribution in [0.5, 0.6) is 5.75 Å². The number of hydrogen-bond donors (Lipinski definition) is 2. The molecule has 1 aliphatic heterocycles. The van der Waals surface area contributed by atoms with E-state index in [2.05, 4.69) is 65.5 Å². The van der Waals surface area contributed by atoms with Crippen LogP contribution < -0.4 is 5.43 Å². The SMILES string of the molecule is O=C(CN1CCN(Cc2ccccc2Cl)CC1)N/N=C\c1cc(I)cc(I)c1O.